The Balaban J connectivity index is 1.42. The first-order valence-corrected chi connectivity index (χ1v) is 12.9. The number of pyridine rings is 1. The normalized spacial score (nSPS) is 11.1. The number of imidazole rings is 1. The van der Waals surface area contributed by atoms with Crippen LogP contribution in [0.1, 0.15) is 32.9 Å². The number of halogens is 4. The van der Waals surface area contributed by atoms with Gasteiger partial charge >= 0.3 is 5.97 Å². The Morgan fingerprint density at radius 3 is 2.47 bits per heavy atom. The predicted octanol–water partition coefficient (Wildman–Crippen LogP) is 6.04. The highest BCUT2D eigenvalue weighted by Gasteiger charge is 2.20. The second kappa shape index (κ2) is 12.3. The molecule has 0 aliphatic heterocycles. The van der Waals surface area contributed by atoms with Crippen molar-refractivity contribution in [2.45, 2.75) is 19.6 Å². The summed E-state index contributed by atoms with van der Waals surface area (Å²) in [6.45, 7) is 0.133. The molecule has 0 amide bonds. The van der Waals surface area contributed by atoms with Crippen LogP contribution < -0.4 is 4.74 Å². The van der Waals surface area contributed by atoms with Gasteiger partial charge in [0.15, 0.2) is 5.82 Å². The lowest BCUT2D eigenvalue weighted by Gasteiger charge is -2.12. The Hall–Kier alpha value is -5.28. The largest absolute Gasteiger partial charge is 0.478 e. The van der Waals surface area contributed by atoms with Gasteiger partial charge in [-0.25, -0.2) is 32.3 Å². The molecule has 2 heterocycles. The first-order valence-electron chi connectivity index (χ1n) is 12.9. The van der Waals surface area contributed by atoms with Crippen molar-refractivity contribution in [2.24, 2.45) is 0 Å². The van der Waals surface area contributed by atoms with Gasteiger partial charge < -0.3 is 19.1 Å². The van der Waals surface area contributed by atoms with E-state index in [-0.39, 0.29) is 82.4 Å². The number of hydrogen-bond acceptors (Lipinski definition) is 6. The molecule has 43 heavy (non-hydrogen) atoms. The molecule has 1 N–H and O–H groups in total. The molecule has 218 valence electrons. The summed E-state index contributed by atoms with van der Waals surface area (Å²) in [6, 6.07) is 14.3. The average molecular weight is 591 g/mol. The van der Waals surface area contributed by atoms with Gasteiger partial charge in [-0.1, -0.05) is 12.1 Å². The van der Waals surface area contributed by atoms with Gasteiger partial charge in [-0.2, -0.15) is 5.26 Å². The lowest BCUT2D eigenvalue weighted by molar-refractivity contribution is 0.0696. The quantitative estimate of drug-likeness (QED) is 0.198. The molecule has 0 unspecified atom stereocenters. The summed E-state index contributed by atoms with van der Waals surface area (Å²) in [4.78, 5) is 19.9. The van der Waals surface area contributed by atoms with Gasteiger partial charge in [-0.3, -0.25) is 0 Å². The highest BCUT2D eigenvalue weighted by Crippen LogP contribution is 2.29. The van der Waals surface area contributed by atoms with Gasteiger partial charge in [0.25, 0.3) is 0 Å². The number of carboxylic acids is 1. The Labute approximate surface area is 242 Å². The number of benzene rings is 3. The second-order valence-corrected chi connectivity index (χ2v) is 9.47. The van der Waals surface area contributed by atoms with Gasteiger partial charge in [0.05, 0.1) is 35.0 Å². The van der Waals surface area contributed by atoms with E-state index in [2.05, 4.69) is 9.97 Å². The minimum atomic E-state index is -1.32. The van der Waals surface area contributed by atoms with Crippen molar-refractivity contribution < 1.29 is 36.9 Å². The minimum Gasteiger partial charge on any atom is -0.478 e. The van der Waals surface area contributed by atoms with Gasteiger partial charge in [0.2, 0.25) is 5.88 Å². The van der Waals surface area contributed by atoms with Crippen LogP contribution in [0, 0.1) is 34.6 Å². The molecule has 12 heteroatoms. The monoisotopic (exact) mass is 590 g/mol. The fourth-order valence-electron chi connectivity index (χ4n) is 4.54. The molecule has 0 bridgehead atoms. The van der Waals surface area contributed by atoms with E-state index in [1.165, 1.54) is 48.1 Å². The first kappa shape index (κ1) is 29.2. The molecular formula is C31H22F4N4O4. The Kier molecular flexibility index (Phi) is 8.36. The summed E-state index contributed by atoms with van der Waals surface area (Å²) in [7, 11) is 1.45. The van der Waals surface area contributed by atoms with Crippen molar-refractivity contribution in [1.82, 2.24) is 14.5 Å². The van der Waals surface area contributed by atoms with E-state index in [9.17, 15) is 18.7 Å². The number of aromatic carboxylic acids is 1. The molecule has 0 radical (unpaired) electrons. The molecule has 0 fully saturated rings. The molecule has 5 rings (SSSR count). The Bertz CT molecular complexity index is 1900. The van der Waals surface area contributed by atoms with Crippen LogP contribution in [-0.4, -0.2) is 39.3 Å². The average Bonchev–Trinajstić information content (AvgIpc) is 3.34. The maximum atomic E-state index is 15.4. The van der Waals surface area contributed by atoms with Crippen LogP contribution in [0.25, 0.3) is 22.3 Å². The zero-order valence-electron chi connectivity index (χ0n) is 22.6. The lowest BCUT2D eigenvalue weighted by atomic mass is 10.0. The standard InChI is InChI=1S/C31H22F4N4O4/c1-42-8-7-39-27-12-20(31(40)41)11-25(35)30(27)38-28(39)13-19-10-24(34)21(14-23(19)33)26-3-2-4-29(37-26)43-16-18-6-5-17(15-36)9-22(18)32/h2-6,9-12,14H,7-8,13,16H2,1H3,(H,40,41). The predicted molar refractivity (Wildman–Crippen MR) is 146 cm³/mol. The maximum absolute atomic E-state index is 15.4. The number of hydrogen-bond donors (Lipinski definition) is 1. The molecule has 0 aliphatic rings. The number of fused-ring (bicyclic) bond motifs is 1. The van der Waals surface area contributed by atoms with E-state index in [4.69, 9.17) is 14.7 Å². The van der Waals surface area contributed by atoms with Crippen molar-refractivity contribution >= 4 is 17.0 Å². The summed E-state index contributed by atoms with van der Waals surface area (Å²) in [5.41, 5.74) is -0.00961. The number of aromatic nitrogens is 3. The molecule has 0 saturated heterocycles. The van der Waals surface area contributed by atoms with Crippen LogP contribution in [-0.2, 0) is 24.3 Å². The van der Waals surface area contributed by atoms with E-state index in [1.807, 2.05) is 6.07 Å². The van der Waals surface area contributed by atoms with Gasteiger partial charge in [-0.05, 0) is 48.0 Å². The number of carboxylic acid groups (broad SMARTS) is 1. The molecule has 3 aromatic carbocycles. The van der Waals surface area contributed by atoms with Crippen molar-refractivity contribution in [1.29, 1.82) is 5.26 Å². The van der Waals surface area contributed by atoms with Crippen LogP contribution in [0.4, 0.5) is 17.6 Å². The highest BCUT2D eigenvalue weighted by atomic mass is 19.1. The molecule has 0 atom stereocenters. The lowest BCUT2D eigenvalue weighted by Crippen LogP contribution is -2.10. The first-order chi connectivity index (χ1) is 20.7. The highest BCUT2D eigenvalue weighted by molar-refractivity contribution is 5.92. The third-order valence-corrected chi connectivity index (χ3v) is 6.69. The van der Waals surface area contributed by atoms with Crippen molar-refractivity contribution in [2.75, 3.05) is 13.7 Å². The van der Waals surface area contributed by atoms with E-state index < -0.39 is 29.2 Å². The number of ether oxygens (including phenoxy) is 2. The third-order valence-electron chi connectivity index (χ3n) is 6.69. The Morgan fingerprint density at radius 2 is 1.74 bits per heavy atom. The molecular weight excluding hydrogens is 568 g/mol. The fourth-order valence-corrected chi connectivity index (χ4v) is 4.54. The van der Waals surface area contributed by atoms with Gasteiger partial charge in [0.1, 0.15) is 35.4 Å². The fraction of sp³-hybridized carbons (Fsp3) is 0.161. The Morgan fingerprint density at radius 1 is 0.953 bits per heavy atom. The van der Waals surface area contributed by atoms with Gasteiger partial charge in [0, 0.05) is 37.3 Å². The van der Waals surface area contributed by atoms with Crippen LogP contribution in [0.15, 0.2) is 60.7 Å². The zero-order chi connectivity index (χ0) is 30.7. The van der Waals surface area contributed by atoms with Crippen molar-refractivity contribution in [3.05, 3.63) is 112 Å². The smallest absolute Gasteiger partial charge is 0.335 e. The molecule has 0 spiro atoms. The van der Waals surface area contributed by atoms with E-state index in [0.717, 1.165) is 24.3 Å². The van der Waals surface area contributed by atoms with E-state index >= 15 is 8.78 Å². The van der Waals surface area contributed by atoms with E-state index in [1.54, 1.807) is 0 Å². The van der Waals surface area contributed by atoms with E-state index in [0.29, 0.717) is 0 Å². The maximum Gasteiger partial charge on any atom is 0.335 e. The summed E-state index contributed by atoms with van der Waals surface area (Å²) in [6.07, 6.45) is -0.226. The summed E-state index contributed by atoms with van der Waals surface area (Å²) >= 11 is 0. The topological polar surface area (TPSA) is 110 Å². The minimum absolute atomic E-state index is 0.0414. The van der Waals surface area contributed by atoms with Crippen LogP contribution in [0.2, 0.25) is 0 Å². The molecule has 0 aliphatic carbocycles. The molecule has 8 nitrogen and oxygen atoms in total. The second-order valence-electron chi connectivity index (χ2n) is 9.47. The third kappa shape index (κ3) is 6.17. The number of carbonyl (C=O) groups is 1. The van der Waals surface area contributed by atoms with Crippen molar-refractivity contribution in [3.63, 3.8) is 0 Å². The van der Waals surface area contributed by atoms with Gasteiger partial charge in [-0.15, -0.1) is 0 Å². The van der Waals surface area contributed by atoms with Crippen LogP contribution >= 0.6 is 0 Å². The number of nitriles is 1. The number of methoxy groups -OCH3 is 1. The zero-order valence-corrected chi connectivity index (χ0v) is 22.6. The number of nitrogens with zero attached hydrogens (tertiary/aromatic N) is 4. The van der Waals surface area contributed by atoms with Crippen molar-refractivity contribution in [3.8, 4) is 23.2 Å². The summed E-state index contributed by atoms with van der Waals surface area (Å²) in [5, 5.41) is 18.2. The molecule has 0 saturated carbocycles. The summed E-state index contributed by atoms with van der Waals surface area (Å²) in [5.74, 6) is -4.15. The number of rotatable bonds is 10. The molecule has 5 aromatic rings. The van der Waals surface area contributed by atoms with Crippen LogP contribution in [0.3, 0.4) is 0 Å². The van der Waals surface area contributed by atoms with Crippen LogP contribution in [0.5, 0.6) is 5.88 Å². The SMILES string of the molecule is COCCn1c(Cc2cc(F)c(-c3cccc(OCc4ccc(C#N)cc4F)n3)cc2F)nc2c(F)cc(C(=O)O)cc21. The summed E-state index contributed by atoms with van der Waals surface area (Å²) < 4.78 is 71.8. The molecule has 2 aromatic heterocycles.